The van der Waals surface area contributed by atoms with Gasteiger partial charge in [-0.25, -0.2) is 4.79 Å². The summed E-state index contributed by atoms with van der Waals surface area (Å²) in [6, 6.07) is 0.559. The van der Waals surface area contributed by atoms with Crippen LogP contribution in [0.4, 0.5) is 4.79 Å². The second-order valence-corrected chi connectivity index (χ2v) is 6.47. The van der Waals surface area contributed by atoms with Gasteiger partial charge in [-0.1, -0.05) is 0 Å². The Labute approximate surface area is 144 Å². The highest BCUT2D eigenvalue weighted by molar-refractivity contribution is 14.0. The van der Waals surface area contributed by atoms with E-state index in [1.54, 1.807) is 4.90 Å². The molecule has 0 radical (unpaired) electrons. The summed E-state index contributed by atoms with van der Waals surface area (Å²) in [4.78, 5) is 18.1. The number of nitrogens with two attached hydrogens (primary N) is 1. The lowest BCUT2D eigenvalue weighted by Crippen LogP contribution is -2.41. The van der Waals surface area contributed by atoms with Gasteiger partial charge in [0, 0.05) is 18.6 Å². The van der Waals surface area contributed by atoms with Gasteiger partial charge in [0.1, 0.15) is 5.60 Å². The van der Waals surface area contributed by atoms with Gasteiger partial charge in [-0.15, -0.1) is 24.0 Å². The Hall–Kier alpha value is -0.730. The molecule has 21 heavy (non-hydrogen) atoms. The Morgan fingerprint density at radius 2 is 2.00 bits per heavy atom. The Morgan fingerprint density at radius 3 is 2.43 bits per heavy atom. The van der Waals surface area contributed by atoms with Gasteiger partial charge in [0.15, 0.2) is 5.96 Å². The fourth-order valence-electron chi connectivity index (χ4n) is 1.75. The standard InChI is InChI=1S/C14H28N4O2.HI/c1-10(2)17-12(15)16-8-9-18(11-6-7-11)13(19)20-14(3,4)5;/h10-11H,6-9H2,1-5H3,(H3,15,16,17);1H. The molecule has 0 aromatic heterocycles. The van der Waals surface area contributed by atoms with Gasteiger partial charge in [0.2, 0.25) is 0 Å². The van der Waals surface area contributed by atoms with E-state index in [-0.39, 0.29) is 36.1 Å². The molecule has 0 atom stereocenters. The van der Waals surface area contributed by atoms with Crippen molar-refractivity contribution in [2.75, 3.05) is 13.1 Å². The summed E-state index contributed by atoms with van der Waals surface area (Å²) < 4.78 is 5.41. The number of amides is 1. The van der Waals surface area contributed by atoms with Crippen LogP contribution in [0.2, 0.25) is 0 Å². The van der Waals surface area contributed by atoms with E-state index in [2.05, 4.69) is 10.3 Å². The Bertz CT molecular complexity index is 362. The number of rotatable bonds is 5. The number of guanidine groups is 1. The zero-order valence-corrected chi connectivity index (χ0v) is 16.0. The molecule has 6 nitrogen and oxygen atoms in total. The van der Waals surface area contributed by atoms with Crippen LogP contribution < -0.4 is 11.1 Å². The Balaban J connectivity index is 0.00000400. The number of nitrogens with one attached hydrogen (secondary N) is 1. The van der Waals surface area contributed by atoms with Crippen LogP contribution in [0.5, 0.6) is 0 Å². The van der Waals surface area contributed by atoms with Crippen molar-refractivity contribution in [3.05, 3.63) is 0 Å². The number of hydrogen-bond donors (Lipinski definition) is 2. The van der Waals surface area contributed by atoms with Crippen LogP contribution in [0.1, 0.15) is 47.5 Å². The van der Waals surface area contributed by atoms with E-state index in [1.807, 2.05) is 34.6 Å². The SMILES string of the molecule is CC(C)NC(N)=NCCN(C(=O)OC(C)(C)C)C1CC1.I. The maximum Gasteiger partial charge on any atom is 0.410 e. The largest absolute Gasteiger partial charge is 0.444 e. The first-order valence-electron chi connectivity index (χ1n) is 7.25. The molecule has 1 fully saturated rings. The Morgan fingerprint density at radius 1 is 1.43 bits per heavy atom. The highest BCUT2D eigenvalue weighted by atomic mass is 127. The molecule has 1 rings (SSSR count). The van der Waals surface area contributed by atoms with Crippen LogP contribution in [0.15, 0.2) is 4.99 Å². The minimum atomic E-state index is -0.467. The van der Waals surface area contributed by atoms with Crippen molar-refractivity contribution in [2.45, 2.75) is 65.1 Å². The van der Waals surface area contributed by atoms with Crippen LogP contribution in [-0.4, -0.2) is 47.7 Å². The third kappa shape index (κ3) is 9.00. The molecule has 3 N–H and O–H groups in total. The molecule has 0 bridgehead atoms. The van der Waals surface area contributed by atoms with Gasteiger partial charge >= 0.3 is 6.09 Å². The minimum absolute atomic E-state index is 0. The van der Waals surface area contributed by atoms with Crippen molar-refractivity contribution in [1.82, 2.24) is 10.2 Å². The van der Waals surface area contributed by atoms with Crippen LogP contribution in [0, 0.1) is 0 Å². The van der Waals surface area contributed by atoms with Crippen LogP contribution in [0.3, 0.4) is 0 Å². The van der Waals surface area contributed by atoms with Crippen molar-refractivity contribution in [2.24, 2.45) is 10.7 Å². The van der Waals surface area contributed by atoms with Crippen molar-refractivity contribution in [1.29, 1.82) is 0 Å². The zero-order valence-electron chi connectivity index (χ0n) is 13.7. The Kier molecular flexibility index (Phi) is 8.35. The number of nitrogens with zero attached hydrogens (tertiary/aromatic N) is 2. The lowest BCUT2D eigenvalue weighted by atomic mass is 10.2. The molecule has 1 amide bonds. The van der Waals surface area contributed by atoms with E-state index >= 15 is 0 Å². The van der Waals surface area contributed by atoms with Gasteiger partial charge in [-0.3, -0.25) is 4.99 Å². The molecule has 1 aliphatic carbocycles. The first kappa shape index (κ1) is 20.3. The molecule has 0 saturated heterocycles. The number of aliphatic imine (C=N–C) groups is 1. The van der Waals surface area contributed by atoms with Gasteiger partial charge in [0.25, 0.3) is 0 Å². The molecule has 0 spiro atoms. The van der Waals surface area contributed by atoms with Crippen molar-refractivity contribution >= 4 is 36.0 Å². The fourth-order valence-corrected chi connectivity index (χ4v) is 1.75. The van der Waals surface area contributed by atoms with Gasteiger partial charge in [-0.05, 0) is 47.5 Å². The lowest BCUT2D eigenvalue weighted by molar-refractivity contribution is 0.0240. The van der Waals surface area contributed by atoms with Crippen molar-refractivity contribution in [3.63, 3.8) is 0 Å². The predicted octanol–water partition coefficient (Wildman–Crippen LogP) is 2.32. The number of halogens is 1. The lowest BCUT2D eigenvalue weighted by Gasteiger charge is -2.27. The molecular weight excluding hydrogens is 383 g/mol. The summed E-state index contributed by atoms with van der Waals surface area (Å²) in [6.07, 6.45) is 1.83. The van der Waals surface area contributed by atoms with Crippen molar-refractivity contribution < 1.29 is 9.53 Å². The summed E-state index contributed by atoms with van der Waals surface area (Å²) in [7, 11) is 0. The van der Waals surface area contributed by atoms with Crippen LogP contribution in [-0.2, 0) is 4.74 Å². The molecule has 0 heterocycles. The molecule has 0 unspecified atom stereocenters. The highest BCUT2D eigenvalue weighted by Crippen LogP contribution is 2.28. The number of carbonyl (C=O) groups excluding carboxylic acids is 1. The molecule has 0 aromatic carbocycles. The zero-order chi connectivity index (χ0) is 15.3. The maximum absolute atomic E-state index is 12.1. The number of hydrogen-bond acceptors (Lipinski definition) is 3. The van der Waals surface area contributed by atoms with E-state index in [4.69, 9.17) is 10.5 Å². The van der Waals surface area contributed by atoms with E-state index in [0.717, 1.165) is 12.8 Å². The summed E-state index contributed by atoms with van der Waals surface area (Å²) in [6.45, 7) is 10.6. The highest BCUT2D eigenvalue weighted by Gasteiger charge is 2.34. The van der Waals surface area contributed by atoms with Crippen LogP contribution in [0.25, 0.3) is 0 Å². The molecule has 1 saturated carbocycles. The second-order valence-electron chi connectivity index (χ2n) is 6.47. The molecule has 7 heteroatoms. The van der Waals surface area contributed by atoms with Gasteiger partial charge < -0.3 is 20.7 Å². The van der Waals surface area contributed by atoms with E-state index < -0.39 is 5.60 Å². The second kappa shape index (κ2) is 8.65. The fraction of sp³-hybridized carbons (Fsp3) is 0.857. The first-order valence-corrected chi connectivity index (χ1v) is 7.25. The third-order valence-corrected chi connectivity index (χ3v) is 2.68. The first-order chi connectivity index (χ1) is 9.19. The maximum atomic E-state index is 12.1. The topological polar surface area (TPSA) is 80.0 Å². The normalized spacial score (nSPS) is 15.4. The predicted molar refractivity (Wildman–Crippen MR) is 96.1 cm³/mol. The smallest absolute Gasteiger partial charge is 0.410 e. The van der Waals surface area contributed by atoms with Crippen molar-refractivity contribution in [3.8, 4) is 0 Å². The summed E-state index contributed by atoms with van der Waals surface area (Å²) in [5.74, 6) is 0.417. The average molecular weight is 412 g/mol. The number of carbonyl (C=O) groups is 1. The molecular formula is C14H29IN4O2. The molecule has 1 aliphatic rings. The minimum Gasteiger partial charge on any atom is -0.444 e. The molecule has 124 valence electrons. The summed E-state index contributed by atoms with van der Waals surface area (Å²) in [5.41, 5.74) is 5.27. The molecule has 0 aromatic rings. The van der Waals surface area contributed by atoms with Gasteiger partial charge in [0.05, 0.1) is 6.54 Å². The monoisotopic (exact) mass is 412 g/mol. The summed E-state index contributed by atoms with van der Waals surface area (Å²) >= 11 is 0. The average Bonchev–Trinajstić information content (AvgIpc) is 3.04. The van der Waals surface area contributed by atoms with E-state index in [9.17, 15) is 4.79 Å². The quantitative estimate of drug-likeness (QED) is 0.413. The van der Waals surface area contributed by atoms with E-state index in [0.29, 0.717) is 25.1 Å². The molecule has 0 aliphatic heterocycles. The van der Waals surface area contributed by atoms with E-state index in [1.165, 1.54) is 0 Å². The van der Waals surface area contributed by atoms with Crippen LogP contribution >= 0.6 is 24.0 Å². The number of ether oxygens (including phenoxy) is 1. The van der Waals surface area contributed by atoms with Gasteiger partial charge in [-0.2, -0.15) is 0 Å². The summed E-state index contributed by atoms with van der Waals surface area (Å²) in [5, 5.41) is 3.02. The third-order valence-electron chi connectivity index (χ3n) is 2.68.